The molecule has 5 atom stereocenters. The zero-order chi connectivity index (χ0) is 92.8. The fourth-order valence-corrected chi connectivity index (χ4v) is 16.1. The largest absolute Gasteiger partial charge is 0.411 e. The first kappa shape index (κ1) is 101. The lowest BCUT2D eigenvalue weighted by Crippen LogP contribution is -2.38. The van der Waals surface area contributed by atoms with E-state index in [0.717, 1.165) is 102 Å². The topological polar surface area (TPSA) is 350 Å². The third kappa shape index (κ3) is 26.4. The number of hydrogen-bond donors (Lipinski definition) is 8. The van der Waals surface area contributed by atoms with Crippen LogP contribution in [0, 0.1) is 34.6 Å². The highest BCUT2D eigenvalue weighted by Crippen LogP contribution is 2.33. The van der Waals surface area contributed by atoms with Crippen LogP contribution >= 0.6 is 0 Å². The molecule has 0 spiro atoms. The minimum atomic E-state index is -0.334. The van der Waals surface area contributed by atoms with Crippen LogP contribution in [0.5, 0.6) is 0 Å². The summed E-state index contributed by atoms with van der Waals surface area (Å²) in [6, 6.07) is 78.2. The second-order valence-corrected chi connectivity index (χ2v) is 30.8. The van der Waals surface area contributed by atoms with Crippen molar-refractivity contribution in [2.24, 2.45) is 20.6 Å². The first-order chi connectivity index (χ1) is 62.2. The van der Waals surface area contributed by atoms with E-state index < -0.39 is 0 Å². The standard InChI is InChI=1S/C21H24N2O3.2C20H22N2O3.C19H20N2O3.C19H21NO2.3CH4O/c1-15-6-4-5-7-20(15)16-8-10-17(11-9-16)21(24)23-13-18(22-26-3)12-19(23)14-25-2;2*1-14-5-3-4-6-19(14)15-7-9-16(10-8-15)20(24)22-12-17(21-25-2)11-18(22)13-23;1-13-4-2-3-5-18(13)14-6-8-15(9-7-14)19(23)21-11-16(20-24)10-17(21)12-22;1-14-5-2-3-7-18(14)15-8-10-16(11-9-15)19(22)20-12-4-6-17(20)13-21;3*1-2/h4-11,19H,12-14H2,1-3H3;2*3-10,18,23H,11-13H2,1-2H3;2-9,17,22,24H,10-12H2,1H3;2-3,5,7-11,17,21H,4,6,12-13H2,1H3;3*2H,1H3/b22-18-;2*21-17-;20-16-;;;;/t19-;2*18-;2*17-;;;/m00000.../s1. The second-order valence-electron chi connectivity index (χ2n) is 30.8. The highest BCUT2D eigenvalue weighted by atomic mass is 16.6. The molecule has 5 aliphatic rings. The van der Waals surface area contributed by atoms with Gasteiger partial charge in [-0.2, -0.15) is 0 Å². The number of oxime groups is 4. The first-order valence-electron chi connectivity index (χ1n) is 42.3. The summed E-state index contributed by atoms with van der Waals surface area (Å²) in [6.07, 6.45) is 4.02. The predicted molar refractivity (Wildman–Crippen MR) is 502 cm³/mol. The van der Waals surface area contributed by atoms with Gasteiger partial charge in [-0.15, -0.1) is 0 Å². The summed E-state index contributed by atoms with van der Waals surface area (Å²) >= 11 is 0. The minimum absolute atomic E-state index is 0.00955. The van der Waals surface area contributed by atoms with E-state index in [1.54, 1.807) is 38.8 Å². The lowest BCUT2D eigenvalue weighted by Gasteiger charge is -2.23. The average Bonchev–Trinajstić information content (AvgIpc) is 1.63. The van der Waals surface area contributed by atoms with Crippen LogP contribution in [0.15, 0.2) is 263 Å². The molecule has 10 aromatic rings. The predicted octanol–water partition coefficient (Wildman–Crippen LogP) is 14.1. The lowest BCUT2D eigenvalue weighted by atomic mass is 9.99. The maximum atomic E-state index is 13.0. The van der Waals surface area contributed by atoms with Crippen molar-refractivity contribution in [3.8, 4) is 55.6 Å². The monoisotopic (exact) mass is 1740 g/mol. The molecule has 0 radical (unpaired) electrons. The zero-order valence-electron chi connectivity index (χ0n) is 75.1. The number of likely N-dealkylation sites (tertiary alicyclic amines) is 5. The minimum Gasteiger partial charge on any atom is -0.411 e. The highest BCUT2D eigenvalue weighted by molar-refractivity contribution is 6.04. The van der Waals surface area contributed by atoms with Gasteiger partial charge in [-0.3, -0.25) is 24.0 Å². The maximum absolute atomic E-state index is 13.0. The van der Waals surface area contributed by atoms with Crippen molar-refractivity contribution in [1.82, 2.24) is 24.5 Å². The quantitative estimate of drug-likeness (QED) is 0.0275. The van der Waals surface area contributed by atoms with Crippen LogP contribution in [-0.2, 0) is 19.2 Å². The van der Waals surface area contributed by atoms with E-state index in [4.69, 9.17) is 39.8 Å². The van der Waals surface area contributed by atoms with E-state index in [1.165, 1.54) is 60.3 Å². The normalized spacial score (nSPS) is 17.7. The van der Waals surface area contributed by atoms with Crippen LogP contribution in [0.25, 0.3) is 55.6 Å². The Morgan fingerprint density at radius 3 is 0.750 bits per heavy atom. The third-order valence-electron chi connectivity index (χ3n) is 22.7. The smallest absolute Gasteiger partial charge is 0.254 e. The van der Waals surface area contributed by atoms with Gasteiger partial charge in [0.15, 0.2) is 0 Å². The van der Waals surface area contributed by atoms with Gasteiger partial charge >= 0.3 is 0 Å². The van der Waals surface area contributed by atoms with Gasteiger partial charge in [-0.05, 0) is 192 Å². The van der Waals surface area contributed by atoms with Crippen molar-refractivity contribution in [3.63, 3.8) is 0 Å². The molecule has 26 heteroatoms. The van der Waals surface area contributed by atoms with Gasteiger partial charge in [0.2, 0.25) is 0 Å². The van der Waals surface area contributed by atoms with Gasteiger partial charge in [0.1, 0.15) is 21.3 Å². The molecule has 5 heterocycles. The van der Waals surface area contributed by atoms with Gasteiger partial charge < -0.3 is 84.7 Å². The number of hydrogen-bond acceptors (Lipinski definition) is 21. The molecule has 0 aromatic heterocycles. The number of benzene rings is 10. The Morgan fingerprint density at radius 1 is 0.305 bits per heavy atom. The van der Waals surface area contributed by atoms with Crippen LogP contribution in [0.1, 0.15) is 118 Å². The van der Waals surface area contributed by atoms with Crippen LogP contribution < -0.4 is 0 Å². The van der Waals surface area contributed by atoms with Crippen molar-refractivity contribution in [1.29, 1.82) is 0 Å². The van der Waals surface area contributed by atoms with Gasteiger partial charge in [0, 0.05) is 88.5 Å². The fourth-order valence-electron chi connectivity index (χ4n) is 16.1. The Labute approximate surface area is 750 Å². The lowest BCUT2D eigenvalue weighted by molar-refractivity contribution is 0.0630. The third-order valence-corrected chi connectivity index (χ3v) is 22.7. The average molecular weight is 1750 g/mol. The number of aliphatic hydroxyl groups excluding tert-OH is 7. The number of carbonyl (C=O) groups is 5. The van der Waals surface area contributed by atoms with Gasteiger partial charge in [0.25, 0.3) is 29.5 Å². The number of aryl methyl sites for hydroxylation is 5. The molecule has 8 N–H and O–H groups in total. The number of methoxy groups -OCH3 is 1. The van der Waals surface area contributed by atoms with E-state index in [2.05, 4.69) is 116 Å². The summed E-state index contributed by atoms with van der Waals surface area (Å²) in [5, 5.41) is 82.9. The van der Waals surface area contributed by atoms with Crippen molar-refractivity contribution >= 4 is 52.4 Å². The summed E-state index contributed by atoms with van der Waals surface area (Å²) in [7, 11) is 9.13. The molecule has 0 aliphatic carbocycles. The molecule has 5 fully saturated rings. The molecule has 5 saturated heterocycles. The second kappa shape index (κ2) is 51.7. The molecule has 0 bridgehead atoms. The molecule has 26 nitrogen and oxygen atoms in total. The summed E-state index contributed by atoms with van der Waals surface area (Å²) in [5.41, 5.74) is 23.3. The first-order valence-corrected chi connectivity index (χ1v) is 42.3. The Balaban J connectivity index is 0.000000195. The molecule has 0 saturated carbocycles. The summed E-state index contributed by atoms with van der Waals surface area (Å²) < 4.78 is 5.27. The van der Waals surface area contributed by atoms with Crippen molar-refractivity contribution in [2.75, 3.05) is 116 Å². The number of aliphatic hydroxyl groups is 7. The van der Waals surface area contributed by atoms with E-state index >= 15 is 0 Å². The van der Waals surface area contributed by atoms with Crippen molar-refractivity contribution in [2.45, 2.75) is 103 Å². The van der Waals surface area contributed by atoms with Gasteiger partial charge in [-0.1, -0.05) is 203 Å². The van der Waals surface area contributed by atoms with Crippen LogP contribution in [0.2, 0.25) is 0 Å². The van der Waals surface area contributed by atoms with Gasteiger partial charge in [-0.25, -0.2) is 0 Å². The Bertz CT molecular complexity index is 5200. The fraction of sp³-hybridized carbons (Fsp3) is 0.324. The van der Waals surface area contributed by atoms with Crippen molar-refractivity contribution in [3.05, 3.63) is 298 Å². The molecule has 15 rings (SSSR count). The van der Waals surface area contributed by atoms with E-state index in [1.807, 2.05) is 175 Å². The molecular formula is C102H121N9O17. The van der Waals surface area contributed by atoms with Crippen molar-refractivity contribution < 1.29 is 84.2 Å². The number of nitrogens with zero attached hydrogens (tertiary/aromatic N) is 9. The molecule has 676 valence electrons. The van der Waals surface area contributed by atoms with Gasteiger partial charge in [0.05, 0.1) is 112 Å². The Kier molecular flexibility index (Phi) is 40.6. The maximum Gasteiger partial charge on any atom is 0.254 e. The Hall–Kier alpha value is -12.9. The molecule has 5 amide bonds. The number of carbonyl (C=O) groups excluding carboxylic acids is 5. The summed E-state index contributed by atoms with van der Waals surface area (Å²) in [6.45, 7) is 12.8. The van der Waals surface area contributed by atoms with Crippen LogP contribution in [0.4, 0.5) is 0 Å². The van der Waals surface area contributed by atoms with E-state index in [9.17, 15) is 44.4 Å². The SMILES string of the molecule is CO.CO.CO.CO/N=C1/C[C@@H](CO)N(C(=O)c2ccc(-c3ccccc3C)cc2)C1.CO/N=C1/C[C@@H](CO)N(C(=O)c2ccc(-c3ccccc3C)cc2)C1.COC[C@@H]1C/C(=N/OC)CN1C(=O)c1ccc(-c2ccccc2C)cc1.Cc1ccccc1-c1ccc(C(=O)N2C/C(=N\O)C[C@H]2CO)cc1.Cc1ccccc1-c1ccc(C(=O)N2CCC[C@H]2CO)cc1. The zero-order valence-corrected chi connectivity index (χ0v) is 75.1. The molecular weight excluding hydrogens is 1620 g/mol. The highest BCUT2D eigenvalue weighted by Gasteiger charge is 2.38. The number of rotatable bonds is 19. The molecule has 5 aliphatic heterocycles. The van der Waals surface area contributed by atoms with Crippen LogP contribution in [-0.4, -0.2) is 264 Å². The Morgan fingerprint density at radius 2 is 0.523 bits per heavy atom. The molecule has 10 aromatic carbocycles. The number of amides is 5. The molecule has 0 unspecified atom stereocenters. The summed E-state index contributed by atoms with van der Waals surface area (Å²) in [5.74, 6) is -0.352. The van der Waals surface area contributed by atoms with E-state index in [0.29, 0.717) is 85.5 Å². The molecule has 128 heavy (non-hydrogen) atoms. The number of ether oxygens (including phenoxy) is 1. The van der Waals surface area contributed by atoms with E-state index in [-0.39, 0.29) is 92.7 Å². The van der Waals surface area contributed by atoms with Crippen LogP contribution in [0.3, 0.4) is 0 Å². The summed E-state index contributed by atoms with van der Waals surface area (Å²) in [4.78, 5) is 86.7.